The summed E-state index contributed by atoms with van der Waals surface area (Å²) in [4.78, 5) is 12.5. The van der Waals surface area contributed by atoms with E-state index in [1.165, 1.54) is 24.0 Å². The van der Waals surface area contributed by atoms with Crippen molar-refractivity contribution in [3.8, 4) is 0 Å². The Morgan fingerprint density at radius 3 is 2.42 bits per heavy atom. The van der Waals surface area contributed by atoms with Crippen LogP contribution in [0.15, 0.2) is 24.3 Å². The Kier molecular flexibility index (Phi) is 1.51. The number of rotatable bonds is 1. The van der Waals surface area contributed by atoms with Crippen LogP contribution in [0.4, 0.5) is 5.69 Å². The van der Waals surface area contributed by atoms with Crippen molar-refractivity contribution in [3.05, 3.63) is 29.8 Å². The van der Waals surface area contributed by atoms with Crippen molar-refractivity contribution in [2.45, 2.75) is 13.8 Å². The largest absolute Gasteiger partial charge is 0.316 e. The molecule has 2 nitrogen and oxygen atoms in total. The fraction of sp³-hybridized carbons (Fsp3) is 0.300. The molecular weight excluding hydrogens is 150 g/mol. The number of hydrogen-bond donors (Lipinski definition) is 0. The Bertz CT molecular complexity index is 356. The number of carbonyl (C=O) groups is 1. The second-order valence-corrected chi connectivity index (χ2v) is 2.62. The maximum absolute atomic E-state index is 11.0. The SMILES string of the molecule is [2H]C([2H])([2H])c1ccc(N(C)C(C)=O)cc1. The van der Waals surface area contributed by atoms with Crippen LogP contribution in [0.25, 0.3) is 0 Å². The highest BCUT2D eigenvalue weighted by molar-refractivity contribution is 5.90. The van der Waals surface area contributed by atoms with Gasteiger partial charge < -0.3 is 4.90 Å². The van der Waals surface area contributed by atoms with Gasteiger partial charge in [-0.15, -0.1) is 0 Å². The predicted octanol–water partition coefficient (Wildman–Crippen LogP) is 1.98. The fourth-order valence-electron chi connectivity index (χ4n) is 0.867. The van der Waals surface area contributed by atoms with Crippen LogP contribution < -0.4 is 4.90 Å². The Morgan fingerprint density at radius 2 is 2.00 bits per heavy atom. The molecule has 1 amide bonds. The van der Waals surface area contributed by atoms with Crippen LogP contribution in [0.1, 0.15) is 16.6 Å². The van der Waals surface area contributed by atoms with Gasteiger partial charge in [0, 0.05) is 23.8 Å². The van der Waals surface area contributed by atoms with Crippen molar-refractivity contribution in [3.63, 3.8) is 0 Å². The first-order valence-corrected chi connectivity index (χ1v) is 3.67. The van der Waals surface area contributed by atoms with Gasteiger partial charge >= 0.3 is 0 Å². The van der Waals surface area contributed by atoms with E-state index in [2.05, 4.69) is 0 Å². The number of hydrogen-bond acceptors (Lipinski definition) is 1. The summed E-state index contributed by atoms with van der Waals surface area (Å²) in [5, 5.41) is 0. The van der Waals surface area contributed by atoms with E-state index in [0.29, 0.717) is 5.69 Å². The van der Waals surface area contributed by atoms with Gasteiger partial charge in [0.25, 0.3) is 0 Å². The molecule has 0 saturated heterocycles. The van der Waals surface area contributed by atoms with Crippen LogP contribution in [0, 0.1) is 6.85 Å². The van der Waals surface area contributed by atoms with Crippen LogP contribution >= 0.6 is 0 Å². The van der Waals surface area contributed by atoms with E-state index in [0.717, 1.165) is 0 Å². The summed E-state index contributed by atoms with van der Waals surface area (Å²) in [5.74, 6) is -0.0865. The van der Waals surface area contributed by atoms with Gasteiger partial charge in [0.2, 0.25) is 5.91 Å². The van der Waals surface area contributed by atoms with E-state index in [4.69, 9.17) is 4.11 Å². The third-order valence-corrected chi connectivity index (χ3v) is 1.73. The van der Waals surface area contributed by atoms with E-state index < -0.39 is 6.85 Å². The normalized spacial score (nSPS) is 14.3. The lowest BCUT2D eigenvalue weighted by Gasteiger charge is -2.14. The van der Waals surface area contributed by atoms with Crippen LogP contribution in [0.2, 0.25) is 0 Å². The highest BCUT2D eigenvalue weighted by atomic mass is 16.2. The molecule has 0 radical (unpaired) electrons. The van der Waals surface area contributed by atoms with Gasteiger partial charge in [-0.3, -0.25) is 4.79 Å². The Labute approximate surface area is 77.0 Å². The van der Waals surface area contributed by atoms with Crippen LogP contribution in [-0.4, -0.2) is 13.0 Å². The first kappa shape index (κ1) is 5.36. The zero-order valence-electron chi connectivity index (χ0n) is 10.2. The second-order valence-electron chi connectivity index (χ2n) is 2.62. The molecular formula is C10H13NO. The molecule has 0 aliphatic carbocycles. The summed E-state index contributed by atoms with van der Waals surface area (Å²) in [6, 6.07) is 6.29. The van der Waals surface area contributed by atoms with Gasteiger partial charge in [0.1, 0.15) is 0 Å². The lowest BCUT2D eigenvalue weighted by molar-refractivity contribution is -0.116. The second kappa shape index (κ2) is 3.39. The van der Waals surface area contributed by atoms with Crippen molar-refractivity contribution in [2.75, 3.05) is 11.9 Å². The molecule has 2 heteroatoms. The molecule has 0 heterocycles. The number of amides is 1. The Morgan fingerprint density at radius 1 is 1.42 bits per heavy atom. The van der Waals surface area contributed by atoms with Crippen molar-refractivity contribution in [1.82, 2.24) is 0 Å². The van der Waals surface area contributed by atoms with Gasteiger partial charge in [0.05, 0.1) is 0 Å². The minimum Gasteiger partial charge on any atom is -0.316 e. The highest BCUT2D eigenvalue weighted by Crippen LogP contribution is 2.12. The van der Waals surface area contributed by atoms with E-state index in [1.807, 2.05) is 0 Å². The van der Waals surface area contributed by atoms with Gasteiger partial charge in [-0.05, 0) is 19.0 Å². The number of benzene rings is 1. The topological polar surface area (TPSA) is 20.3 Å². The maximum atomic E-state index is 11.0. The quantitative estimate of drug-likeness (QED) is 0.624. The van der Waals surface area contributed by atoms with Crippen molar-refractivity contribution < 1.29 is 8.91 Å². The minimum absolute atomic E-state index is 0.0865. The third-order valence-electron chi connectivity index (χ3n) is 1.73. The van der Waals surface area contributed by atoms with Crippen LogP contribution in [0.3, 0.4) is 0 Å². The summed E-state index contributed by atoms with van der Waals surface area (Å²) in [6.45, 7) is -0.634. The molecule has 0 aliphatic heterocycles. The molecule has 1 aromatic carbocycles. The molecule has 0 bridgehead atoms. The summed E-state index contributed by atoms with van der Waals surface area (Å²) in [7, 11) is 1.65. The molecule has 64 valence electrons. The highest BCUT2D eigenvalue weighted by Gasteiger charge is 2.03. The minimum atomic E-state index is -2.09. The molecule has 0 aliphatic rings. The average Bonchev–Trinajstić information content (AvgIpc) is 2.15. The van der Waals surface area contributed by atoms with E-state index in [-0.39, 0.29) is 11.5 Å². The van der Waals surface area contributed by atoms with Gasteiger partial charge in [0.15, 0.2) is 0 Å². The summed E-state index contributed by atoms with van der Waals surface area (Å²) < 4.78 is 21.6. The molecule has 0 spiro atoms. The zero-order chi connectivity index (χ0) is 11.6. The average molecular weight is 166 g/mol. The monoisotopic (exact) mass is 166 g/mol. The van der Waals surface area contributed by atoms with Gasteiger partial charge in [-0.2, -0.15) is 0 Å². The van der Waals surface area contributed by atoms with Crippen LogP contribution in [-0.2, 0) is 4.79 Å². The van der Waals surface area contributed by atoms with E-state index in [1.54, 1.807) is 19.2 Å². The zero-order valence-corrected chi connectivity index (χ0v) is 7.16. The molecule has 1 aromatic rings. The molecule has 0 aromatic heterocycles. The number of anilines is 1. The standard InChI is InChI=1S/C10H13NO/c1-8-4-6-10(7-5-8)11(3)9(2)12/h4-7H,1-3H3/i1D3. The first-order valence-electron chi connectivity index (χ1n) is 5.17. The molecule has 0 atom stereocenters. The first-order chi connectivity index (χ1) is 6.82. The lowest BCUT2D eigenvalue weighted by Crippen LogP contribution is -2.22. The Balaban J connectivity index is 2.95. The molecule has 0 fully saturated rings. The third kappa shape index (κ3) is 1.84. The number of aryl methyl sites for hydroxylation is 1. The summed E-state index contributed by atoms with van der Waals surface area (Å²) in [6.07, 6.45) is 0. The lowest BCUT2D eigenvalue weighted by atomic mass is 10.2. The van der Waals surface area contributed by atoms with Gasteiger partial charge in [-0.25, -0.2) is 0 Å². The molecule has 0 saturated carbocycles. The summed E-state index contributed by atoms with van der Waals surface area (Å²) >= 11 is 0. The van der Waals surface area contributed by atoms with E-state index in [9.17, 15) is 4.79 Å². The number of nitrogens with zero attached hydrogens (tertiary/aromatic N) is 1. The fourth-order valence-corrected chi connectivity index (χ4v) is 0.867. The van der Waals surface area contributed by atoms with Crippen molar-refractivity contribution in [2.24, 2.45) is 0 Å². The molecule has 0 unspecified atom stereocenters. The predicted molar refractivity (Wildman–Crippen MR) is 50.3 cm³/mol. The van der Waals surface area contributed by atoms with E-state index >= 15 is 0 Å². The number of carbonyl (C=O) groups excluding carboxylic acids is 1. The molecule has 12 heavy (non-hydrogen) atoms. The summed E-state index contributed by atoms with van der Waals surface area (Å²) in [5.41, 5.74) is 0.971. The van der Waals surface area contributed by atoms with Crippen molar-refractivity contribution in [1.29, 1.82) is 0 Å². The molecule has 1 rings (SSSR count). The van der Waals surface area contributed by atoms with Gasteiger partial charge in [-0.1, -0.05) is 17.7 Å². The smallest absolute Gasteiger partial charge is 0.223 e. The Hall–Kier alpha value is -1.31. The van der Waals surface area contributed by atoms with Crippen LogP contribution in [0.5, 0.6) is 0 Å². The van der Waals surface area contributed by atoms with Crippen molar-refractivity contribution >= 4 is 11.6 Å². The molecule has 0 N–H and O–H groups in total. The maximum Gasteiger partial charge on any atom is 0.223 e.